The predicted molar refractivity (Wildman–Crippen MR) is 76.5 cm³/mol. The number of rotatable bonds is 4. The highest BCUT2D eigenvalue weighted by atomic mass is 35.5. The molecule has 0 aliphatic heterocycles. The molecule has 0 heterocycles. The molecule has 2 rings (SSSR count). The smallest absolute Gasteiger partial charge is 0.142 e. The standard InChI is InChI=1S/C15H16ClNO/c1-11-3-5-12(6-4-11)10-17-14-9-13(16)7-8-15(14)18-2/h3-9,17H,10H2,1-2H3. The number of halogens is 1. The van der Waals surface area contributed by atoms with Crippen molar-refractivity contribution in [3.63, 3.8) is 0 Å². The van der Waals surface area contributed by atoms with Gasteiger partial charge in [0, 0.05) is 11.6 Å². The van der Waals surface area contributed by atoms with E-state index in [4.69, 9.17) is 16.3 Å². The number of nitrogens with one attached hydrogen (secondary N) is 1. The van der Waals surface area contributed by atoms with E-state index in [1.54, 1.807) is 7.11 Å². The van der Waals surface area contributed by atoms with Gasteiger partial charge in [0.1, 0.15) is 5.75 Å². The Labute approximate surface area is 113 Å². The fraction of sp³-hybridized carbons (Fsp3) is 0.200. The maximum absolute atomic E-state index is 5.98. The Morgan fingerprint density at radius 1 is 1.11 bits per heavy atom. The first-order chi connectivity index (χ1) is 8.69. The number of aryl methyl sites for hydroxylation is 1. The molecule has 0 radical (unpaired) electrons. The van der Waals surface area contributed by atoms with Crippen LogP contribution in [0.5, 0.6) is 5.75 Å². The molecule has 3 heteroatoms. The highest BCUT2D eigenvalue weighted by molar-refractivity contribution is 6.30. The van der Waals surface area contributed by atoms with Gasteiger partial charge in [-0.05, 0) is 30.7 Å². The zero-order valence-electron chi connectivity index (χ0n) is 10.5. The number of benzene rings is 2. The summed E-state index contributed by atoms with van der Waals surface area (Å²) in [5.41, 5.74) is 3.40. The summed E-state index contributed by atoms with van der Waals surface area (Å²) >= 11 is 5.98. The number of methoxy groups -OCH3 is 1. The lowest BCUT2D eigenvalue weighted by Gasteiger charge is -2.11. The van der Waals surface area contributed by atoms with Crippen molar-refractivity contribution in [1.82, 2.24) is 0 Å². The Kier molecular flexibility index (Phi) is 4.11. The van der Waals surface area contributed by atoms with E-state index in [0.717, 1.165) is 18.0 Å². The summed E-state index contributed by atoms with van der Waals surface area (Å²) in [5, 5.41) is 4.03. The minimum Gasteiger partial charge on any atom is -0.495 e. The molecule has 0 amide bonds. The van der Waals surface area contributed by atoms with Crippen LogP contribution >= 0.6 is 11.6 Å². The number of ether oxygens (including phenoxy) is 1. The molecule has 0 atom stereocenters. The summed E-state index contributed by atoms with van der Waals surface area (Å²) < 4.78 is 5.29. The third-order valence-corrected chi connectivity index (χ3v) is 3.00. The molecule has 0 unspecified atom stereocenters. The van der Waals surface area contributed by atoms with Gasteiger partial charge in [-0.1, -0.05) is 41.4 Å². The molecule has 0 saturated carbocycles. The largest absolute Gasteiger partial charge is 0.495 e. The second kappa shape index (κ2) is 5.78. The molecule has 0 bridgehead atoms. The van der Waals surface area contributed by atoms with Crippen LogP contribution in [0.2, 0.25) is 5.02 Å². The summed E-state index contributed by atoms with van der Waals surface area (Å²) in [6, 6.07) is 14.0. The SMILES string of the molecule is COc1ccc(Cl)cc1NCc1ccc(C)cc1. The van der Waals surface area contributed by atoms with Gasteiger partial charge in [0.05, 0.1) is 12.8 Å². The van der Waals surface area contributed by atoms with Crippen LogP contribution in [-0.4, -0.2) is 7.11 Å². The van der Waals surface area contributed by atoms with Gasteiger partial charge < -0.3 is 10.1 Å². The molecule has 0 fully saturated rings. The first-order valence-electron chi connectivity index (χ1n) is 5.82. The molecule has 94 valence electrons. The van der Waals surface area contributed by atoms with Crippen LogP contribution < -0.4 is 10.1 Å². The number of hydrogen-bond donors (Lipinski definition) is 1. The lowest BCUT2D eigenvalue weighted by molar-refractivity contribution is 0.416. The molecule has 0 aliphatic rings. The van der Waals surface area contributed by atoms with Crippen molar-refractivity contribution in [1.29, 1.82) is 0 Å². The van der Waals surface area contributed by atoms with Gasteiger partial charge in [-0.15, -0.1) is 0 Å². The van der Waals surface area contributed by atoms with E-state index >= 15 is 0 Å². The van der Waals surface area contributed by atoms with Crippen LogP contribution in [-0.2, 0) is 6.54 Å². The summed E-state index contributed by atoms with van der Waals surface area (Å²) in [6.07, 6.45) is 0. The lowest BCUT2D eigenvalue weighted by atomic mass is 10.1. The van der Waals surface area contributed by atoms with Crippen molar-refractivity contribution >= 4 is 17.3 Å². The van der Waals surface area contributed by atoms with Gasteiger partial charge in [-0.3, -0.25) is 0 Å². The average Bonchev–Trinajstić information content (AvgIpc) is 2.38. The van der Waals surface area contributed by atoms with E-state index in [0.29, 0.717) is 5.02 Å². The van der Waals surface area contributed by atoms with Crippen molar-refractivity contribution < 1.29 is 4.74 Å². The molecule has 1 N–H and O–H groups in total. The van der Waals surface area contributed by atoms with E-state index in [9.17, 15) is 0 Å². The highest BCUT2D eigenvalue weighted by Gasteiger charge is 2.03. The van der Waals surface area contributed by atoms with Crippen LogP contribution in [0, 0.1) is 6.92 Å². The second-order valence-corrected chi connectivity index (χ2v) is 4.62. The quantitative estimate of drug-likeness (QED) is 0.888. The van der Waals surface area contributed by atoms with Gasteiger partial charge >= 0.3 is 0 Å². The lowest BCUT2D eigenvalue weighted by Crippen LogP contribution is -2.01. The molecule has 0 saturated heterocycles. The summed E-state index contributed by atoms with van der Waals surface area (Å²) in [4.78, 5) is 0. The van der Waals surface area contributed by atoms with Crippen molar-refractivity contribution in [3.8, 4) is 5.75 Å². The van der Waals surface area contributed by atoms with E-state index in [-0.39, 0.29) is 0 Å². The average molecular weight is 262 g/mol. The minimum absolute atomic E-state index is 0.696. The monoisotopic (exact) mass is 261 g/mol. The van der Waals surface area contributed by atoms with Crippen molar-refractivity contribution in [3.05, 3.63) is 58.6 Å². The van der Waals surface area contributed by atoms with Gasteiger partial charge in [0.2, 0.25) is 0 Å². The third-order valence-electron chi connectivity index (χ3n) is 2.77. The molecular weight excluding hydrogens is 246 g/mol. The molecule has 0 aliphatic carbocycles. The Bertz CT molecular complexity index is 523. The van der Waals surface area contributed by atoms with Crippen LogP contribution in [0.15, 0.2) is 42.5 Å². The molecule has 18 heavy (non-hydrogen) atoms. The molecule has 2 aromatic carbocycles. The first kappa shape index (κ1) is 12.8. The Hall–Kier alpha value is -1.67. The summed E-state index contributed by atoms with van der Waals surface area (Å²) in [6.45, 7) is 2.83. The minimum atomic E-state index is 0.696. The fourth-order valence-corrected chi connectivity index (χ4v) is 1.89. The van der Waals surface area contributed by atoms with Crippen LogP contribution in [0.25, 0.3) is 0 Å². The van der Waals surface area contributed by atoms with Crippen LogP contribution in [0.4, 0.5) is 5.69 Å². The fourth-order valence-electron chi connectivity index (χ4n) is 1.72. The Morgan fingerprint density at radius 3 is 2.50 bits per heavy atom. The van der Waals surface area contributed by atoms with Gasteiger partial charge in [0.25, 0.3) is 0 Å². The second-order valence-electron chi connectivity index (χ2n) is 4.18. The van der Waals surface area contributed by atoms with Crippen LogP contribution in [0.3, 0.4) is 0 Å². The van der Waals surface area contributed by atoms with E-state index in [1.807, 2.05) is 18.2 Å². The zero-order valence-corrected chi connectivity index (χ0v) is 11.3. The first-order valence-corrected chi connectivity index (χ1v) is 6.20. The maximum Gasteiger partial charge on any atom is 0.142 e. The molecule has 2 aromatic rings. The molecule has 0 spiro atoms. The third kappa shape index (κ3) is 3.17. The van der Waals surface area contributed by atoms with Gasteiger partial charge in [-0.25, -0.2) is 0 Å². The van der Waals surface area contributed by atoms with Gasteiger partial charge in [0.15, 0.2) is 0 Å². The van der Waals surface area contributed by atoms with Crippen molar-refractivity contribution in [2.45, 2.75) is 13.5 Å². The molecule has 0 aromatic heterocycles. The van der Waals surface area contributed by atoms with Crippen molar-refractivity contribution in [2.24, 2.45) is 0 Å². The molecule has 2 nitrogen and oxygen atoms in total. The summed E-state index contributed by atoms with van der Waals surface area (Å²) in [7, 11) is 1.65. The van der Waals surface area contributed by atoms with E-state index in [2.05, 4.69) is 36.5 Å². The van der Waals surface area contributed by atoms with Gasteiger partial charge in [-0.2, -0.15) is 0 Å². The predicted octanol–water partition coefficient (Wildman–Crippen LogP) is 4.27. The maximum atomic E-state index is 5.98. The topological polar surface area (TPSA) is 21.3 Å². The Morgan fingerprint density at radius 2 is 1.83 bits per heavy atom. The van der Waals surface area contributed by atoms with Crippen LogP contribution in [0.1, 0.15) is 11.1 Å². The normalized spacial score (nSPS) is 10.2. The van der Waals surface area contributed by atoms with E-state index < -0.39 is 0 Å². The van der Waals surface area contributed by atoms with E-state index in [1.165, 1.54) is 11.1 Å². The zero-order chi connectivity index (χ0) is 13.0. The highest BCUT2D eigenvalue weighted by Crippen LogP contribution is 2.28. The Balaban J connectivity index is 2.09. The summed E-state index contributed by atoms with van der Waals surface area (Å²) in [5.74, 6) is 0.798. The number of anilines is 1. The number of hydrogen-bond acceptors (Lipinski definition) is 2. The molecular formula is C15H16ClNO. The van der Waals surface area contributed by atoms with Crippen molar-refractivity contribution in [2.75, 3.05) is 12.4 Å².